The molecular weight excluding hydrogens is 399 g/mol. The van der Waals surface area contributed by atoms with E-state index in [-0.39, 0.29) is 31.0 Å². The van der Waals surface area contributed by atoms with Crippen LogP contribution in [0.1, 0.15) is 41.2 Å². The molecule has 10 heteroatoms. The van der Waals surface area contributed by atoms with Gasteiger partial charge in [-0.15, -0.1) is 10.2 Å². The van der Waals surface area contributed by atoms with E-state index in [4.69, 9.17) is 16.0 Å². The van der Waals surface area contributed by atoms with Crippen molar-refractivity contribution in [1.29, 1.82) is 0 Å². The van der Waals surface area contributed by atoms with Gasteiger partial charge in [0.25, 0.3) is 5.89 Å². The lowest BCUT2D eigenvalue weighted by Gasteiger charge is -2.16. The van der Waals surface area contributed by atoms with Crippen LogP contribution in [-0.4, -0.2) is 21.5 Å². The minimum Gasteiger partial charge on any atom is -0.415 e. The van der Waals surface area contributed by atoms with Gasteiger partial charge < -0.3 is 15.2 Å². The van der Waals surface area contributed by atoms with Crippen LogP contribution in [0, 0.1) is 5.82 Å². The number of hydrogen-bond acceptors (Lipinski definition) is 7. The molecule has 2 aromatic carbocycles. The minimum absolute atomic E-state index is 0. The van der Waals surface area contributed by atoms with Gasteiger partial charge in [-0.2, -0.15) is 8.78 Å². The number of aromatic nitrogens is 2. The summed E-state index contributed by atoms with van der Waals surface area (Å²) in [4.78, 5) is 10.9. The fourth-order valence-electron chi connectivity index (χ4n) is 2.54. The zero-order valence-electron chi connectivity index (χ0n) is 14.9. The number of carbonyl (C=O) groups excluding carboxylic acids is 1. The van der Waals surface area contributed by atoms with Crippen molar-refractivity contribution in [2.75, 3.05) is 0 Å². The number of aldehydes is 1. The lowest BCUT2D eigenvalue weighted by Crippen LogP contribution is -2.26. The van der Waals surface area contributed by atoms with Crippen molar-refractivity contribution in [2.24, 2.45) is 11.6 Å². The summed E-state index contributed by atoms with van der Waals surface area (Å²) in [5.41, 5.74) is 7.71. The number of hydrogen-bond donors (Lipinski definition) is 2. The fraction of sp³-hybridized carbons (Fsp3) is 0.150. The maximum absolute atomic E-state index is 14.4. The van der Waals surface area contributed by atoms with Crippen molar-refractivity contribution < 1.29 is 22.4 Å². The van der Waals surface area contributed by atoms with Crippen LogP contribution in [0.4, 0.5) is 13.2 Å². The Morgan fingerprint density at radius 3 is 2.60 bits per heavy atom. The van der Waals surface area contributed by atoms with Gasteiger partial charge in [0.1, 0.15) is 12.1 Å². The third-order valence-electron chi connectivity index (χ3n) is 3.94. The van der Waals surface area contributed by atoms with Crippen molar-refractivity contribution in [2.45, 2.75) is 20.4 Å². The number of halogens is 3. The molecule has 3 rings (SSSR count). The molecule has 0 spiro atoms. The van der Waals surface area contributed by atoms with Crippen LogP contribution < -0.4 is 11.6 Å². The van der Waals surface area contributed by atoms with E-state index >= 15 is 0 Å². The van der Waals surface area contributed by atoms with Crippen molar-refractivity contribution in [3.63, 3.8) is 0 Å². The second-order valence-corrected chi connectivity index (χ2v) is 6.05. The van der Waals surface area contributed by atoms with Gasteiger partial charge in [0, 0.05) is 22.9 Å². The average Bonchev–Trinajstić information content (AvgIpc) is 3.20. The van der Waals surface area contributed by atoms with Crippen LogP contribution in [-0.2, 0) is 6.54 Å². The van der Waals surface area contributed by atoms with Crippen LogP contribution in [0.15, 0.2) is 53.1 Å². The van der Waals surface area contributed by atoms with Crippen molar-refractivity contribution in [1.82, 2.24) is 15.2 Å². The van der Waals surface area contributed by atoms with Gasteiger partial charge in [0.2, 0.25) is 5.89 Å². The third-order valence-corrected chi connectivity index (χ3v) is 3.94. The fourth-order valence-corrected chi connectivity index (χ4v) is 2.54. The molecule has 0 saturated carbocycles. The number of hydrazine groups is 1. The molecule has 7 nitrogen and oxygen atoms in total. The van der Waals surface area contributed by atoms with Crippen LogP contribution in [0.3, 0.4) is 0 Å². The Labute approximate surface area is 170 Å². The Morgan fingerprint density at radius 1 is 1.20 bits per heavy atom. The van der Waals surface area contributed by atoms with Crippen LogP contribution in [0.25, 0.3) is 17.2 Å². The van der Waals surface area contributed by atoms with E-state index in [1.54, 1.807) is 24.3 Å². The van der Waals surface area contributed by atoms with E-state index in [1.807, 2.05) is 0 Å². The summed E-state index contributed by atoms with van der Waals surface area (Å²) in [6.45, 7) is -0.0215. The normalized spacial score (nSPS) is 11.3. The predicted molar refractivity (Wildman–Crippen MR) is 105 cm³/mol. The number of benzene rings is 2. The van der Waals surface area contributed by atoms with Gasteiger partial charge in [-0.25, -0.2) is 10.2 Å². The highest BCUT2D eigenvalue weighted by molar-refractivity contribution is 5.77. The van der Waals surface area contributed by atoms with Crippen molar-refractivity contribution >= 4 is 12.0 Å². The Kier molecular flexibility index (Phi) is 7.32. The molecule has 3 aromatic rings. The van der Waals surface area contributed by atoms with Crippen LogP contribution in [0.2, 0.25) is 0 Å². The Balaban J connectivity index is 0.00000320. The van der Waals surface area contributed by atoms with Gasteiger partial charge in [0.05, 0.1) is 12.2 Å². The molecule has 0 unspecified atom stereocenters. The second kappa shape index (κ2) is 9.70. The van der Waals surface area contributed by atoms with E-state index in [9.17, 15) is 18.0 Å². The molecule has 0 radical (unpaired) electrons. The predicted octanol–water partition coefficient (Wildman–Crippen LogP) is 3.89. The van der Waals surface area contributed by atoms with E-state index < -0.39 is 18.1 Å². The molecule has 158 valence electrons. The maximum Gasteiger partial charge on any atom is 0.314 e. The molecule has 0 fully saturated rings. The van der Waals surface area contributed by atoms with E-state index in [0.717, 1.165) is 6.07 Å². The summed E-state index contributed by atoms with van der Waals surface area (Å²) in [7, 11) is 0. The third kappa shape index (κ3) is 5.23. The van der Waals surface area contributed by atoms with Gasteiger partial charge in [0.15, 0.2) is 0 Å². The van der Waals surface area contributed by atoms with Gasteiger partial charge >= 0.3 is 6.43 Å². The van der Waals surface area contributed by atoms with Crippen molar-refractivity contribution in [3.8, 4) is 11.5 Å². The minimum atomic E-state index is -2.91. The number of nitrogens with two attached hydrogens (primary N) is 2. The molecule has 30 heavy (non-hydrogen) atoms. The molecule has 0 aliphatic heterocycles. The first-order valence-electron chi connectivity index (χ1n) is 8.32. The summed E-state index contributed by atoms with van der Waals surface area (Å²) in [5, 5.41) is 7.87. The summed E-state index contributed by atoms with van der Waals surface area (Å²) in [6, 6.07) is 10.6. The van der Waals surface area contributed by atoms with Crippen LogP contribution >= 0.6 is 0 Å². The first kappa shape index (κ1) is 22.6. The number of rotatable bonds is 7. The first-order valence-corrected chi connectivity index (χ1v) is 8.32. The summed E-state index contributed by atoms with van der Waals surface area (Å²) < 4.78 is 44.3. The van der Waals surface area contributed by atoms with E-state index in [2.05, 4.69) is 10.2 Å². The summed E-state index contributed by atoms with van der Waals surface area (Å²) in [5.74, 6) is 4.20. The number of carbonyl (C=O) groups is 1. The molecule has 1 heterocycles. The maximum atomic E-state index is 14.4. The lowest BCUT2D eigenvalue weighted by molar-refractivity contribution is 0.112. The molecule has 0 aliphatic carbocycles. The van der Waals surface area contributed by atoms with Gasteiger partial charge in [-0.05, 0) is 23.8 Å². The molecule has 1 aromatic heterocycles. The van der Waals surface area contributed by atoms with Crippen molar-refractivity contribution in [3.05, 3.63) is 77.1 Å². The SMILES string of the molecule is C.N/C(=C\N(N)Cc1ccc(-c2nnc(C(F)F)o2)cc1F)c1cccc(C=O)c1. The van der Waals surface area contributed by atoms with Gasteiger partial charge in [-0.3, -0.25) is 4.79 Å². The van der Waals surface area contributed by atoms with Gasteiger partial charge in [-0.1, -0.05) is 31.7 Å². The summed E-state index contributed by atoms with van der Waals surface area (Å²) >= 11 is 0. The summed E-state index contributed by atoms with van der Waals surface area (Å²) in [6.07, 6.45) is -0.804. The molecule has 0 bridgehead atoms. The van der Waals surface area contributed by atoms with Crippen LogP contribution in [0.5, 0.6) is 0 Å². The Hall–Kier alpha value is -3.66. The number of alkyl halides is 2. The Bertz CT molecular complexity index is 1050. The highest BCUT2D eigenvalue weighted by atomic mass is 19.3. The monoisotopic (exact) mass is 419 g/mol. The number of nitrogens with zero attached hydrogens (tertiary/aromatic N) is 3. The molecule has 0 saturated heterocycles. The molecular formula is C20H20F3N5O2. The largest absolute Gasteiger partial charge is 0.415 e. The quantitative estimate of drug-likeness (QED) is 0.339. The molecule has 4 N–H and O–H groups in total. The molecule has 0 atom stereocenters. The highest BCUT2D eigenvalue weighted by Gasteiger charge is 2.18. The zero-order valence-corrected chi connectivity index (χ0v) is 14.9. The molecule has 0 amide bonds. The first-order chi connectivity index (χ1) is 13.9. The highest BCUT2D eigenvalue weighted by Crippen LogP contribution is 2.25. The van der Waals surface area contributed by atoms with E-state index in [1.165, 1.54) is 23.3 Å². The average molecular weight is 419 g/mol. The lowest BCUT2D eigenvalue weighted by atomic mass is 10.1. The zero-order chi connectivity index (χ0) is 21.0. The smallest absolute Gasteiger partial charge is 0.314 e. The topological polar surface area (TPSA) is 111 Å². The standard InChI is InChI=1S/C19H16F3N5O2.CH4/c20-15-7-13(18-25-26-19(29-18)17(21)22)4-5-14(15)8-27(24)9-16(23)12-3-1-2-11(6-12)10-28;/h1-7,9-10,17H,8,23-24H2;1H4/b16-9-;. The molecule has 0 aliphatic rings. The van der Waals surface area contributed by atoms with E-state index in [0.29, 0.717) is 23.1 Å². The Morgan fingerprint density at radius 2 is 1.97 bits per heavy atom. The second-order valence-electron chi connectivity index (χ2n) is 6.05.